The first-order valence-electron chi connectivity index (χ1n) is 18.7. The monoisotopic (exact) mass is 736 g/mol. The number of aromatic nitrogens is 4. The lowest BCUT2D eigenvalue weighted by Crippen LogP contribution is -2.51. The highest BCUT2D eigenvalue weighted by molar-refractivity contribution is 5.87. The third-order valence-corrected chi connectivity index (χ3v) is 11.0. The van der Waals surface area contributed by atoms with Crippen molar-refractivity contribution in [1.29, 1.82) is 0 Å². The number of benzene rings is 2. The second-order valence-corrected chi connectivity index (χ2v) is 15.2. The van der Waals surface area contributed by atoms with Crippen molar-refractivity contribution in [2.45, 2.75) is 84.0 Å². The van der Waals surface area contributed by atoms with E-state index in [9.17, 15) is 24.3 Å². The molecule has 0 saturated carbocycles. The van der Waals surface area contributed by atoms with Crippen LogP contribution in [0.15, 0.2) is 48.8 Å². The summed E-state index contributed by atoms with van der Waals surface area (Å²) in [5.41, 5.74) is 8.53. The molecule has 14 heteroatoms. The van der Waals surface area contributed by atoms with Crippen LogP contribution >= 0.6 is 0 Å². The van der Waals surface area contributed by atoms with Crippen LogP contribution in [0.1, 0.15) is 88.2 Å². The fourth-order valence-electron chi connectivity index (χ4n) is 8.18. The Kier molecular flexibility index (Phi) is 10.2. The van der Waals surface area contributed by atoms with Gasteiger partial charge in [-0.1, -0.05) is 52.0 Å². The predicted octanol–water partition coefficient (Wildman–Crippen LogP) is 6.04. The minimum Gasteiger partial charge on any atom is -0.465 e. The van der Waals surface area contributed by atoms with E-state index < -0.39 is 24.3 Å². The maximum Gasteiger partial charge on any atom is 0.407 e. The van der Waals surface area contributed by atoms with Gasteiger partial charge in [-0.3, -0.25) is 9.59 Å². The molecule has 2 aromatic heterocycles. The van der Waals surface area contributed by atoms with Gasteiger partial charge in [0.05, 0.1) is 43.0 Å². The molecule has 1 aliphatic carbocycles. The number of rotatable bonds is 10. The Balaban J connectivity index is 1.05. The number of alkyl carbamates (subject to hydrolysis) is 1. The zero-order valence-electron chi connectivity index (χ0n) is 31.3. The molecule has 54 heavy (non-hydrogen) atoms. The predicted molar refractivity (Wildman–Crippen MR) is 201 cm³/mol. The fourth-order valence-corrected chi connectivity index (χ4v) is 8.18. The minimum absolute atomic E-state index is 0.109. The highest BCUT2D eigenvalue weighted by atomic mass is 16.5. The van der Waals surface area contributed by atoms with E-state index in [2.05, 4.69) is 62.0 Å². The summed E-state index contributed by atoms with van der Waals surface area (Å²) in [6.07, 6.45) is 5.75. The van der Waals surface area contributed by atoms with Gasteiger partial charge in [0, 0.05) is 13.1 Å². The summed E-state index contributed by atoms with van der Waals surface area (Å²) in [5, 5.41) is 14.4. The Morgan fingerprint density at radius 2 is 1.22 bits per heavy atom. The van der Waals surface area contributed by atoms with Crippen LogP contribution in [0.25, 0.3) is 33.6 Å². The van der Waals surface area contributed by atoms with Gasteiger partial charge in [0.2, 0.25) is 11.8 Å². The first-order valence-corrected chi connectivity index (χ1v) is 18.7. The van der Waals surface area contributed by atoms with Crippen molar-refractivity contribution in [3.05, 3.63) is 71.6 Å². The Bertz CT molecular complexity index is 2070. The molecule has 1 unspecified atom stereocenters. The van der Waals surface area contributed by atoms with Gasteiger partial charge in [-0.25, -0.2) is 19.6 Å². The highest BCUT2D eigenvalue weighted by Crippen LogP contribution is 2.41. The van der Waals surface area contributed by atoms with Crippen LogP contribution in [0, 0.1) is 11.8 Å². The van der Waals surface area contributed by atoms with Crippen LogP contribution in [0.4, 0.5) is 9.59 Å². The third kappa shape index (κ3) is 7.04. The van der Waals surface area contributed by atoms with Gasteiger partial charge in [0.15, 0.2) is 0 Å². The normalized spacial score (nSPS) is 18.8. The van der Waals surface area contributed by atoms with Gasteiger partial charge in [0.25, 0.3) is 0 Å². The molecule has 4 atom stereocenters. The number of carbonyl (C=O) groups excluding carboxylic acids is 3. The lowest BCUT2D eigenvalue weighted by atomic mass is 10.0. The molecule has 14 nitrogen and oxygen atoms in total. The molecule has 7 rings (SSSR count). The summed E-state index contributed by atoms with van der Waals surface area (Å²) in [6, 6.07) is 10.9. The number of H-pyrrole nitrogens is 2. The van der Waals surface area contributed by atoms with Crippen LogP contribution in [-0.4, -0.2) is 91.1 Å². The SMILES string of the molecule is COC(=O)N[C@H](C(=O)N1CCCC1c1ncc(-c2ccc3c(c2)Cc2cc(-c4cnc([C@@H]5CCCN5C(=O)[C@@H](NC(=O)O)C(C)C)[nH]4)ccc2-3)[nH]1)C(C)C. The van der Waals surface area contributed by atoms with Gasteiger partial charge in [-0.05, 0) is 89.5 Å². The summed E-state index contributed by atoms with van der Waals surface area (Å²) in [4.78, 5) is 70.3. The number of carbonyl (C=O) groups is 4. The van der Waals surface area contributed by atoms with Crippen LogP contribution < -0.4 is 10.6 Å². The van der Waals surface area contributed by atoms with E-state index in [4.69, 9.17) is 9.72 Å². The zero-order valence-corrected chi connectivity index (χ0v) is 31.3. The number of imidazole rings is 2. The maximum absolute atomic E-state index is 13.6. The van der Waals surface area contributed by atoms with E-state index in [1.807, 2.05) is 38.8 Å². The van der Waals surface area contributed by atoms with E-state index >= 15 is 0 Å². The van der Waals surface area contributed by atoms with Crippen molar-refractivity contribution in [3.8, 4) is 33.6 Å². The van der Waals surface area contributed by atoms with E-state index in [1.165, 1.54) is 29.4 Å². The summed E-state index contributed by atoms with van der Waals surface area (Å²) >= 11 is 0. The molecular weight excluding hydrogens is 688 g/mol. The smallest absolute Gasteiger partial charge is 0.407 e. The number of carboxylic acid groups (broad SMARTS) is 1. The van der Waals surface area contributed by atoms with Gasteiger partial charge >= 0.3 is 12.2 Å². The van der Waals surface area contributed by atoms with Gasteiger partial charge in [-0.15, -0.1) is 0 Å². The second kappa shape index (κ2) is 15.0. The maximum atomic E-state index is 13.6. The molecule has 284 valence electrons. The molecule has 3 aliphatic rings. The molecule has 2 aliphatic heterocycles. The highest BCUT2D eigenvalue weighted by Gasteiger charge is 2.39. The van der Waals surface area contributed by atoms with Gasteiger partial charge < -0.3 is 40.2 Å². The quantitative estimate of drug-likeness (QED) is 0.115. The Labute approximate surface area is 314 Å². The van der Waals surface area contributed by atoms with Crippen LogP contribution in [-0.2, 0) is 20.7 Å². The number of hydrogen-bond acceptors (Lipinski definition) is 7. The summed E-state index contributed by atoms with van der Waals surface area (Å²) < 4.78 is 4.76. The van der Waals surface area contributed by atoms with Crippen molar-refractivity contribution < 1.29 is 29.0 Å². The molecule has 4 aromatic rings. The summed E-state index contributed by atoms with van der Waals surface area (Å²) in [6.45, 7) is 8.62. The van der Waals surface area contributed by atoms with Crippen molar-refractivity contribution in [1.82, 2.24) is 40.4 Å². The number of nitrogens with one attached hydrogen (secondary N) is 4. The molecule has 4 heterocycles. The lowest BCUT2D eigenvalue weighted by molar-refractivity contribution is -0.136. The van der Waals surface area contributed by atoms with Crippen LogP contribution in [0.2, 0.25) is 0 Å². The van der Waals surface area contributed by atoms with E-state index in [0.29, 0.717) is 18.9 Å². The van der Waals surface area contributed by atoms with Gasteiger partial charge in [0.1, 0.15) is 23.7 Å². The fraction of sp³-hybridized carbons (Fsp3) is 0.450. The Hall–Kier alpha value is -5.66. The van der Waals surface area contributed by atoms with Crippen molar-refractivity contribution >= 4 is 24.0 Å². The molecule has 0 spiro atoms. The summed E-state index contributed by atoms with van der Waals surface area (Å²) in [7, 11) is 1.29. The van der Waals surface area contributed by atoms with Gasteiger partial charge in [-0.2, -0.15) is 0 Å². The first kappa shape index (κ1) is 36.7. The van der Waals surface area contributed by atoms with E-state index in [-0.39, 0.29) is 35.7 Å². The number of fused-ring (bicyclic) bond motifs is 3. The first-order chi connectivity index (χ1) is 25.9. The van der Waals surface area contributed by atoms with E-state index in [1.54, 1.807) is 11.1 Å². The van der Waals surface area contributed by atoms with Crippen molar-refractivity contribution in [3.63, 3.8) is 0 Å². The minimum atomic E-state index is -1.21. The van der Waals surface area contributed by atoms with E-state index in [0.717, 1.165) is 60.4 Å². The zero-order chi connectivity index (χ0) is 38.3. The molecule has 2 aromatic carbocycles. The Morgan fingerprint density at radius 3 is 1.65 bits per heavy atom. The molecular formula is C40H48N8O6. The number of amides is 4. The topological polar surface area (TPSA) is 186 Å². The average Bonchev–Trinajstić information content (AvgIpc) is 4.00. The Morgan fingerprint density at radius 1 is 0.759 bits per heavy atom. The molecule has 5 N–H and O–H groups in total. The second-order valence-electron chi connectivity index (χ2n) is 15.2. The third-order valence-electron chi connectivity index (χ3n) is 11.0. The van der Waals surface area contributed by atoms with Crippen LogP contribution in [0.3, 0.4) is 0 Å². The number of aromatic amines is 2. The molecule has 2 fully saturated rings. The van der Waals surface area contributed by atoms with Crippen molar-refractivity contribution in [2.24, 2.45) is 11.8 Å². The number of ether oxygens (including phenoxy) is 1. The number of nitrogens with zero attached hydrogens (tertiary/aromatic N) is 4. The molecule has 4 amide bonds. The largest absolute Gasteiger partial charge is 0.465 e. The molecule has 0 bridgehead atoms. The average molecular weight is 737 g/mol. The van der Waals surface area contributed by atoms with Crippen molar-refractivity contribution in [2.75, 3.05) is 20.2 Å². The van der Waals surface area contributed by atoms with Crippen LogP contribution in [0.5, 0.6) is 0 Å². The number of likely N-dealkylation sites (tertiary alicyclic amines) is 2. The molecule has 2 saturated heterocycles. The molecule has 0 radical (unpaired) electrons. The standard InChI is InChI=1S/C40H48N8O6/c1-21(2)33(45-39(51)52)37(49)47-14-6-8-31(47)35-41-19-29(43-35)23-10-12-27-25(16-23)18-26-17-24(11-13-28(26)27)30-20-42-36(44-30)32-9-7-15-48(32)38(50)34(22(3)4)46-40(53)54-5/h10-13,16-17,19-22,31-34,45H,6-9,14-15,18H2,1-5H3,(H,41,43)(H,42,44)(H,46,53)(H,51,52)/t31-,32?,33-,34-/m0/s1. The lowest BCUT2D eigenvalue weighted by Gasteiger charge is -2.30. The summed E-state index contributed by atoms with van der Waals surface area (Å²) in [5.74, 6) is 0.760. The number of methoxy groups -OCH3 is 1. The number of hydrogen-bond donors (Lipinski definition) is 5.